The van der Waals surface area contributed by atoms with Gasteiger partial charge < -0.3 is 10.4 Å². The summed E-state index contributed by atoms with van der Waals surface area (Å²) in [7, 11) is 0. The van der Waals surface area contributed by atoms with Crippen LogP contribution >= 0.6 is 22.6 Å². The van der Waals surface area contributed by atoms with E-state index >= 15 is 0 Å². The summed E-state index contributed by atoms with van der Waals surface area (Å²) in [5.74, 6) is 0.0316. The SMILES string of the molecule is Cc1cc(I)ccc1NC(=O)CN1CCCCC1CCO. The number of aryl methyl sites for hydroxylation is 1. The summed E-state index contributed by atoms with van der Waals surface area (Å²) in [4.78, 5) is 14.5. The van der Waals surface area contributed by atoms with E-state index in [-0.39, 0.29) is 12.5 Å². The maximum Gasteiger partial charge on any atom is 0.238 e. The largest absolute Gasteiger partial charge is 0.396 e. The predicted molar refractivity (Wildman–Crippen MR) is 93.4 cm³/mol. The topological polar surface area (TPSA) is 52.6 Å². The minimum atomic E-state index is 0.0316. The van der Waals surface area contributed by atoms with E-state index in [2.05, 4.69) is 38.9 Å². The fourth-order valence-corrected chi connectivity index (χ4v) is 3.53. The van der Waals surface area contributed by atoms with Crippen LogP contribution in [0.5, 0.6) is 0 Å². The van der Waals surface area contributed by atoms with Gasteiger partial charge in [0.05, 0.1) is 6.54 Å². The van der Waals surface area contributed by atoms with Crippen LogP contribution in [0.4, 0.5) is 5.69 Å². The molecular formula is C16H23IN2O2. The van der Waals surface area contributed by atoms with Gasteiger partial charge in [-0.05, 0) is 79.1 Å². The Morgan fingerprint density at radius 1 is 1.48 bits per heavy atom. The molecule has 0 spiro atoms. The Kier molecular flexibility index (Phi) is 6.44. The van der Waals surface area contributed by atoms with E-state index < -0.39 is 0 Å². The Morgan fingerprint density at radius 3 is 3.00 bits per heavy atom. The molecule has 1 saturated heterocycles. The van der Waals surface area contributed by atoms with Crippen molar-refractivity contribution in [2.45, 2.75) is 38.6 Å². The van der Waals surface area contributed by atoms with Gasteiger partial charge in [-0.15, -0.1) is 0 Å². The van der Waals surface area contributed by atoms with Crippen LogP contribution in [0.15, 0.2) is 18.2 Å². The van der Waals surface area contributed by atoms with Gasteiger partial charge in [0.15, 0.2) is 0 Å². The summed E-state index contributed by atoms with van der Waals surface area (Å²) < 4.78 is 1.17. The Bertz CT molecular complexity index is 491. The molecule has 116 valence electrons. The molecule has 1 heterocycles. The normalized spacial score (nSPS) is 19.5. The number of benzene rings is 1. The van der Waals surface area contributed by atoms with Crippen molar-refractivity contribution in [2.24, 2.45) is 0 Å². The lowest BCUT2D eigenvalue weighted by Gasteiger charge is -2.34. The fourth-order valence-electron chi connectivity index (χ4n) is 2.89. The first-order valence-electron chi connectivity index (χ1n) is 7.51. The minimum Gasteiger partial charge on any atom is -0.396 e. The van der Waals surface area contributed by atoms with Crippen molar-refractivity contribution in [3.8, 4) is 0 Å². The van der Waals surface area contributed by atoms with Crippen molar-refractivity contribution in [3.05, 3.63) is 27.3 Å². The third-order valence-electron chi connectivity index (χ3n) is 4.02. The number of rotatable bonds is 5. The molecule has 1 aliphatic rings. The number of aliphatic hydroxyl groups is 1. The standard InChI is InChI=1S/C16H23IN2O2/c1-12-10-13(17)5-6-15(12)18-16(21)11-19-8-3-2-4-14(19)7-9-20/h5-6,10,14,20H,2-4,7-9,11H2,1H3,(H,18,21). The molecule has 0 bridgehead atoms. The van der Waals surface area contributed by atoms with Crippen molar-refractivity contribution in [3.63, 3.8) is 0 Å². The van der Waals surface area contributed by atoms with Crippen molar-refractivity contribution in [2.75, 3.05) is 25.0 Å². The molecule has 1 fully saturated rings. The summed E-state index contributed by atoms with van der Waals surface area (Å²) in [5.41, 5.74) is 1.97. The zero-order chi connectivity index (χ0) is 15.2. The zero-order valence-electron chi connectivity index (χ0n) is 12.4. The van der Waals surface area contributed by atoms with Crippen molar-refractivity contribution < 1.29 is 9.90 Å². The number of aliphatic hydroxyl groups excluding tert-OH is 1. The highest BCUT2D eigenvalue weighted by Gasteiger charge is 2.23. The van der Waals surface area contributed by atoms with Crippen LogP contribution in [0, 0.1) is 10.5 Å². The summed E-state index contributed by atoms with van der Waals surface area (Å²) in [6.07, 6.45) is 4.17. The van der Waals surface area contributed by atoms with Gasteiger partial charge in [-0.1, -0.05) is 6.42 Å². The van der Waals surface area contributed by atoms with Crippen molar-refractivity contribution in [1.29, 1.82) is 0 Å². The maximum absolute atomic E-state index is 12.3. The lowest BCUT2D eigenvalue weighted by molar-refractivity contribution is -0.118. The summed E-state index contributed by atoms with van der Waals surface area (Å²) >= 11 is 2.27. The number of piperidine rings is 1. The van der Waals surface area contributed by atoms with E-state index in [0.717, 1.165) is 37.1 Å². The number of carbonyl (C=O) groups is 1. The highest BCUT2D eigenvalue weighted by molar-refractivity contribution is 14.1. The molecule has 1 aromatic carbocycles. The van der Waals surface area contributed by atoms with E-state index in [4.69, 9.17) is 5.11 Å². The fraction of sp³-hybridized carbons (Fsp3) is 0.562. The third-order valence-corrected chi connectivity index (χ3v) is 4.69. The van der Waals surface area contributed by atoms with E-state index in [1.165, 1.54) is 9.99 Å². The lowest BCUT2D eigenvalue weighted by Crippen LogP contribution is -2.44. The number of anilines is 1. The molecule has 1 amide bonds. The first-order valence-corrected chi connectivity index (χ1v) is 8.59. The van der Waals surface area contributed by atoms with Gasteiger partial charge in [-0.25, -0.2) is 0 Å². The van der Waals surface area contributed by atoms with Crippen LogP contribution in [0.2, 0.25) is 0 Å². The molecule has 5 heteroatoms. The van der Waals surface area contributed by atoms with Crippen LogP contribution in [0.3, 0.4) is 0 Å². The van der Waals surface area contributed by atoms with Gasteiger partial charge >= 0.3 is 0 Å². The number of nitrogens with zero attached hydrogens (tertiary/aromatic N) is 1. The highest BCUT2D eigenvalue weighted by Crippen LogP contribution is 2.20. The molecule has 1 atom stereocenters. The van der Waals surface area contributed by atoms with E-state index in [1.54, 1.807) is 0 Å². The number of amides is 1. The molecule has 1 unspecified atom stereocenters. The summed E-state index contributed by atoms with van der Waals surface area (Å²) in [6, 6.07) is 6.35. The molecule has 0 aliphatic carbocycles. The van der Waals surface area contributed by atoms with Gasteiger partial charge in [0, 0.05) is 21.9 Å². The maximum atomic E-state index is 12.3. The van der Waals surface area contributed by atoms with Crippen LogP contribution < -0.4 is 5.32 Å². The van der Waals surface area contributed by atoms with Crippen LogP contribution in [-0.4, -0.2) is 41.7 Å². The van der Waals surface area contributed by atoms with Crippen molar-refractivity contribution in [1.82, 2.24) is 4.90 Å². The molecule has 2 N–H and O–H groups in total. The Balaban J connectivity index is 1.93. The lowest BCUT2D eigenvalue weighted by atomic mass is 9.99. The second kappa shape index (κ2) is 8.10. The molecule has 2 rings (SSSR count). The number of likely N-dealkylation sites (tertiary alicyclic amines) is 1. The first-order chi connectivity index (χ1) is 10.1. The molecule has 0 aromatic heterocycles. The molecular weight excluding hydrogens is 379 g/mol. The van der Waals surface area contributed by atoms with Crippen LogP contribution in [0.25, 0.3) is 0 Å². The Hall–Kier alpha value is -0.660. The number of halogens is 1. The number of carbonyl (C=O) groups excluding carboxylic acids is 1. The third kappa shape index (κ3) is 4.93. The van der Waals surface area contributed by atoms with E-state index in [0.29, 0.717) is 12.6 Å². The Morgan fingerprint density at radius 2 is 2.29 bits per heavy atom. The zero-order valence-corrected chi connectivity index (χ0v) is 14.6. The molecule has 0 radical (unpaired) electrons. The number of nitrogens with one attached hydrogen (secondary N) is 1. The average molecular weight is 402 g/mol. The van der Waals surface area contributed by atoms with E-state index in [1.807, 2.05) is 19.1 Å². The smallest absolute Gasteiger partial charge is 0.238 e. The molecule has 1 aliphatic heterocycles. The summed E-state index contributed by atoms with van der Waals surface area (Å²) in [5, 5.41) is 12.1. The van der Waals surface area contributed by atoms with Crippen LogP contribution in [-0.2, 0) is 4.79 Å². The van der Waals surface area contributed by atoms with Gasteiger partial charge in [-0.3, -0.25) is 9.69 Å². The van der Waals surface area contributed by atoms with Gasteiger partial charge in [0.1, 0.15) is 0 Å². The van der Waals surface area contributed by atoms with Crippen LogP contribution in [0.1, 0.15) is 31.2 Å². The first kappa shape index (κ1) is 16.7. The van der Waals surface area contributed by atoms with Gasteiger partial charge in [-0.2, -0.15) is 0 Å². The second-order valence-electron chi connectivity index (χ2n) is 5.64. The Labute approximate surface area is 140 Å². The quantitative estimate of drug-likeness (QED) is 0.745. The summed E-state index contributed by atoms with van der Waals surface area (Å²) in [6.45, 7) is 3.56. The second-order valence-corrected chi connectivity index (χ2v) is 6.89. The molecule has 4 nitrogen and oxygen atoms in total. The highest BCUT2D eigenvalue weighted by atomic mass is 127. The monoisotopic (exact) mass is 402 g/mol. The molecule has 1 aromatic rings. The van der Waals surface area contributed by atoms with Gasteiger partial charge in [0.2, 0.25) is 5.91 Å². The van der Waals surface area contributed by atoms with Gasteiger partial charge in [0.25, 0.3) is 0 Å². The predicted octanol–water partition coefficient (Wildman–Crippen LogP) is 2.78. The number of hydrogen-bond donors (Lipinski definition) is 2. The molecule has 21 heavy (non-hydrogen) atoms. The molecule has 0 saturated carbocycles. The number of hydrogen-bond acceptors (Lipinski definition) is 3. The van der Waals surface area contributed by atoms with E-state index in [9.17, 15) is 4.79 Å². The minimum absolute atomic E-state index is 0.0316. The average Bonchev–Trinajstić information content (AvgIpc) is 2.44. The van der Waals surface area contributed by atoms with Crippen molar-refractivity contribution >= 4 is 34.2 Å².